The Morgan fingerprint density at radius 1 is 1.26 bits per heavy atom. The molecule has 1 aromatic carbocycles. The summed E-state index contributed by atoms with van der Waals surface area (Å²) >= 11 is 7.19. The van der Waals surface area contributed by atoms with E-state index in [0.29, 0.717) is 62.0 Å². The largest absolute Gasteiger partial charge is 0.495 e. The predicted octanol–water partition coefficient (Wildman–Crippen LogP) is 4.19. The van der Waals surface area contributed by atoms with E-state index in [9.17, 15) is 14.4 Å². The Labute approximate surface area is 206 Å². The third kappa shape index (κ3) is 4.81. The van der Waals surface area contributed by atoms with Crippen molar-refractivity contribution in [3.8, 4) is 5.75 Å². The van der Waals surface area contributed by atoms with Crippen molar-refractivity contribution in [2.24, 2.45) is 11.8 Å². The molecule has 4 rings (SSSR count). The molecule has 0 aliphatic carbocycles. The molecule has 0 unspecified atom stereocenters. The summed E-state index contributed by atoms with van der Waals surface area (Å²) in [6.07, 6.45) is 2.48. The maximum atomic E-state index is 13.2. The third-order valence-corrected chi connectivity index (χ3v) is 7.49. The molecule has 8 nitrogen and oxygen atoms in total. The molecule has 1 N–H and O–H groups in total. The molecule has 1 fully saturated rings. The van der Waals surface area contributed by atoms with E-state index in [0.717, 1.165) is 17.8 Å². The summed E-state index contributed by atoms with van der Waals surface area (Å²) in [4.78, 5) is 46.2. The first-order chi connectivity index (χ1) is 16.2. The van der Waals surface area contributed by atoms with Gasteiger partial charge in [0.1, 0.15) is 17.1 Å². The van der Waals surface area contributed by atoms with Crippen LogP contribution in [-0.4, -0.2) is 46.5 Å². The van der Waals surface area contributed by atoms with Crippen LogP contribution in [0.25, 0.3) is 10.2 Å². The molecule has 1 saturated heterocycles. The average Bonchev–Trinajstić information content (AvgIpc) is 3.12. The molecule has 2 amide bonds. The van der Waals surface area contributed by atoms with Crippen molar-refractivity contribution in [3.05, 3.63) is 50.3 Å². The van der Waals surface area contributed by atoms with E-state index in [-0.39, 0.29) is 23.9 Å². The average molecular weight is 503 g/mol. The number of ether oxygens (including phenoxy) is 1. The number of carbonyl (C=O) groups is 2. The van der Waals surface area contributed by atoms with Crippen LogP contribution in [0.3, 0.4) is 0 Å². The second kappa shape index (κ2) is 9.76. The van der Waals surface area contributed by atoms with Gasteiger partial charge in [-0.2, -0.15) is 0 Å². The predicted molar refractivity (Wildman–Crippen MR) is 134 cm³/mol. The van der Waals surface area contributed by atoms with Gasteiger partial charge in [-0.25, -0.2) is 4.98 Å². The van der Waals surface area contributed by atoms with Gasteiger partial charge in [-0.1, -0.05) is 25.4 Å². The highest BCUT2D eigenvalue weighted by molar-refractivity contribution is 7.20. The van der Waals surface area contributed by atoms with Crippen molar-refractivity contribution in [2.75, 3.05) is 25.5 Å². The first-order valence-corrected chi connectivity index (χ1v) is 12.3. The zero-order chi connectivity index (χ0) is 24.6. The van der Waals surface area contributed by atoms with Crippen LogP contribution in [0, 0.1) is 18.8 Å². The number of likely N-dealkylation sites (tertiary alicyclic amines) is 1. The van der Waals surface area contributed by atoms with Gasteiger partial charge in [0.25, 0.3) is 11.5 Å². The van der Waals surface area contributed by atoms with Gasteiger partial charge < -0.3 is 15.0 Å². The number of aromatic nitrogens is 2. The normalized spacial score (nSPS) is 18.2. The Bertz CT molecular complexity index is 1310. The van der Waals surface area contributed by atoms with Gasteiger partial charge in [-0.3, -0.25) is 19.0 Å². The number of amides is 2. The van der Waals surface area contributed by atoms with Crippen molar-refractivity contribution >= 4 is 50.7 Å². The molecule has 3 aromatic rings. The van der Waals surface area contributed by atoms with E-state index in [1.165, 1.54) is 18.0 Å². The van der Waals surface area contributed by atoms with Crippen molar-refractivity contribution in [1.82, 2.24) is 14.5 Å². The topological polar surface area (TPSA) is 93.5 Å². The van der Waals surface area contributed by atoms with Gasteiger partial charge in [0.15, 0.2) is 0 Å². The van der Waals surface area contributed by atoms with E-state index in [1.54, 1.807) is 25.1 Å². The number of benzene rings is 1. The van der Waals surface area contributed by atoms with Crippen LogP contribution < -0.4 is 15.6 Å². The summed E-state index contributed by atoms with van der Waals surface area (Å²) in [6.45, 7) is 7.31. The number of hydrogen-bond acceptors (Lipinski definition) is 6. The Morgan fingerprint density at radius 3 is 2.65 bits per heavy atom. The first-order valence-electron chi connectivity index (χ1n) is 11.1. The smallest absolute Gasteiger partial charge is 0.266 e. The molecular formula is C24H27ClN4O4S. The summed E-state index contributed by atoms with van der Waals surface area (Å²) in [5.74, 6) is 0.850. The summed E-state index contributed by atoms with van der Waals surface area (Å²) in [6, 6.07) is 4.93. The molecule has 2 aromatic heterocycles. The minimum atomic E-state index is -0.389. The van der Waals surface area contributed by atoms with Crippen LogP contribution >= 0.6 is 22.9 Å². The van der Waals surface area contributed by atoms with Crippen molar-refractivity contribution in [3.63, 3.8) is 0 Å². The number of methoxy groups -OCH3 is 1. The third-order valence-electron chi connectivity index (χ3n) is 6.06. The number of nitrogens with zero attached hydrogens (tertiary/aromatic N) is 3. The molecule has 0 spiro atoms. The summed E-state index contributed by atoms with van der Waals surface area (Å²) in [5, 5.41) is 3.61. The van der Waals surface area contributed by atoms with E-state index in [4.69, 9.17) is 16.3 Å². The molecule has 0 bridgehead atoms. The van der Waals surface area contributed by atoms with Crippen molar-refractivity contribution < 1.29 is 14.3 Å². The Kier molecular flexibility index (Phi) is 6.95. The SMILES string of the molecule is COc1ccc(Cl)cc1NC(=O)c1sc2ncn(CC(=O)N3C[C@H](C)C[C@@H](C)C3)c(=O)c2c1C. The maximum absolute atomic E-state index is 13.2. The quantitative estimate of drug-likeness (QED) is 0.564. The van der Waals surface area contributed by atoms with E-state index in [1.807, 2.05) is 4.90 Å². The number of anilines is 1. The minimum absolute atomic E-state index is 0.0717. The number of halogens is 1. The van der Waals surface area contributed by atoms with E-state index < -0.39 is 0 Å². The van der Waals surface area contributed by atoms with Gasteiger partial charge >= 0.3 is 0 Å². The molecule has 10 heteroatoms. The monoisotopic (exact) mass is 502 g/mol. The van der Waals surface area contributed by atoms with Crippen molar-refractivity contribution in [2.45, 2.75) is 33.7 Å². The summed E-state index contributed by atoms with van der Waals surface area (Å²) < 4.78 is 6.62. The number of hydrogen-bond donors (Lipinski definition) is 1. The summed E-state index contributed by atoms with van der Waals surface area (Å²) in [7, 11) is 1.50. The van der Waals surface area contributed by atoms with Crippen LogP contribution in [-0.2, 0) is 11.3 Å². The zero-order valence-corrected chi connectivity index (χ0v) is 21.1. The van der Waals surface area contributed by atoms with Gasteiger partial charge in [-0.05, 0) is 48.9 Å². The Balaban J connectivity index is 1.60. The van der Waals surface area contributed by atoms with Crippen LogP contribution in [0.5, 0.6) is 5.75 Å². The molecule has 1 aliphatic rings. The summed E-state index contributed by atoms with van der Waals surface area (Å²) in [5.41, 5.74) is 0.625. The number of piperidine rings is 1. The molecular weight excluding hydrogens is 476 g/mol. The lowest BCUT2D eigenvalue weighted by molar-refractivity contribution is -0.134. The van der Waals surface area contributed by atoms with Gasteiger partial charge in [0, 0.05) is 18.1 Å². The highest BCUT2D eigenvalue weighted by atomic mass is 35.5. The fraction of sp³-hybridized carbons (Fsp3) is 0.417. The molecule has 34 heavy (non-hydrogen) atoms. The lowest BCUT2D eigenvalue weighted by atomic mass is 9.92. The highest BCUT2D eigenvalue weighted by Crippen LogP contribution is 2.31. The lowest BCUT2D eigenvalue weighted by Crippen LogP contribution is -2.44. The molecule has 0 radical (unpaired) electrons. The first kappa shape index (κ1) is 24.2. The fourth-order valence-electron chi connectivity index (χ4n) is 4.56. The molecule has 2 atom stereocenters. The molecule has 0 saturated carbocycles. The standard InChI is InChI=1S/C24H27ClN4O4S/c1-13-7-14(2)10-28(9-13)19(30)11-29-12-26-23-20(24(29)32)15(3)21(34-23)22(31)27-17-8-16(25)5-6-18(17)33-4/h5-6,8,12-14H,7,9-11H2,1-4H3,(H,27,31)/t13-,14-/m1/s1. The number of thiophene rings is 1. The highest BCUT2D eigenvalue weighted by Gasteiger charge is 2.26. The van der Waals surface area contributed by atoms with Gasteiger partial charge in [0.05, 0.1) is 29.4 Å². The molecule has 180 valence electrons. The lowest BCUT2D eigenvalue weighted by Gasteiger charge is -2.35. The number of carbonyl (C=O) groups excluding carboxylic acids is 2. The number of nitrogens with one attached hydrogen (secondary N) is 1. The molecule has 1 aliphatic heterocycles. The van der Waals surface area contributed by atoms with E-state index in [2.05, 4.69) is 24.1 Å². The minimum Gasteiger partial charge on any atom is -0.495 e. The number of rotatable bonds is 5. The van der Waals surface area contributed by atoms with Crippen LogP contribution in [0.2, 0.25) is 5.02 Å². The van der Waals surface area contributed by atoms with Crippen LogP contribution in [0.4, 0.5) is 5.69 Å². The van der Waals surface area contributed by atoms with Crippen LogP contribution in [0.15, 0.2) is 29.3 Å². The van der Waals surface area contributed by atoms with Gasteiger partial charge in [0.2, 0.25) is 5.91 Å². The zero-order valence-electron chi connectivity index (χ0n) is 19.6. The number of aryl methyl sites for hydroxylation is 1. The van der Waals surface area contributed by atoms with Gasteiger partial charge in [-0.15, -0.1) is 11.3 Å². The second-order valence-electron chi connectivity index (χ2n) is 8.96. The number of fused-ring (bicyclic) bond motifs is 1. The Morgan fingerprint density at radius 2 is 1.97 bits per heavy atom. The van der Waals surface area contributed by atoms with Crippen molar-refractivity contribution in [1.29, 1.82) is 0 Å². The molecule has 3 heterocycles. The maximum Gasteiger partial charge on any atom is 0.266 e. The Hall–Kier alpha value is -2.91. The van der Waals surface area contributed by atoms with E-state index >= 15 is 0 Å². The van der Waals surface area contributed by atoms with Crippen LogP contribution in [0.1, 0.15) is 35.5 Å². The second-order valence-corrected chi connectivity index (χ2v) is 10.4. The fourth-order valence-corrected chi connectivity index (χ4v) is 5.76.